The molecule has 2 aromatic carbocycles. The van der Waals surface area contributed by atoms with Gasteiger partial charge in [0.25, 0.3) is 5.91 Å². The Hall–Kier alpha value is -3.83. The van der Waals surface area contributed by atoms with Crippen LogP contribution in [-0.2, 0) is 4.74 Å². The highest BCUT2D eigenvalue weighted by Crippen LogP contribution is 2.30. The van der Waals surface area contributed by atoms with E-state index in [4.69, 9.17) is 18.6 Å². The highest BCUT2D eigenvalue weighted by Gasteiger charge is 2.15. The van der Waals surface area contributed by atoms with Crippen LogP contribution in [0.2, 0.25) is 0 Å². The van der Waals surface area contributed by atoms with Crippen molar-refractivity contribution in [2.24, 2.45) is 0 Å². The number of halogens is 1. The average molecular weight is 485 g/mol. The maximum atomic E-state index is 13.2. The molecule has 0 aliphatic rings. The van der Waals surface area contributed by atoms with Gasteiger partial charge in [0.15, 0.2) is 10.3 Å². The molecule has 0 saturated carbocycles. The molecular formula is C23H21FN4O5S. The van der Waals surface area contributed by atoms with Crippen molar-refractivity contribution in [2.45, 2.75) is 20.0 Å². The Balaban J connectivity index is 1.57. The fourth-order valence-electron chi connectivity index (χ4n) is 3.03. The van der Waals surface area contributed by atoms with Gasteiger partial charge in [0.2, 0.25) is 11.8 Å². The summed E-state index contributed by atoms with van der Waals surface area (Å²) in [7, 11) is 1.57. The van der Waals surface area contributed by atoms with Gasteiger partial charge in [-0.3, -0.25) is 10.1 Å². The summed E-state index contributed by atoms with van der Waals surface area (Å²) in [6, 6.07) is 11.9. The topological polar surface area (TPSA) is 109 Å². The second-order valence-electron chi connectivity index (χ2n) is 7.25. The maximum Gasteiger partial charge on any atom is 0.257 e. The number of aryl methyl sites for hydroxylation is 1. The molecule has 0 bridgehead atoms. The number of aromatic nitrogens is 3. The first-order valence-corrected chi connectivity index (χ1v) is 11.0. The molecule has 4 aromatic rings. The molecule has 11 heteroatoms. The maximum absolute atomic E-state index is 13.2. The number of rotatable bonds is 9. The van der Waals surface area contributed by atoms with Crippen LogP contribution in [0.15, 0.2) is 53.1 Å². The summed E-state index contributed by atoms with van der Waals surface area (Å²) in [4.78, 5) is 16.6. The molecule has 1 amide bonds. The monoisotopic (exact) mass is 484 g/mol. The van der Waals surface area contributed by atoms with Crippen molar-refractivity contribution in [3.63, 3.8) is 0 Å². The Labute approximate surface area is 198 Å². The third-order valence-corrected chi connectivity index (χ3v) is 5.14. The number of nitrogens with zero attached hydrogens (tertiary/aromatic N) is 3. The molecule has 0 fully saturated rings. The second-order valence-corrected chi connectivity index (χ2v) is 8.23. The van der Waals surface area contributed by atoms with E-state index < -0.39 is 11.0 Å². The molecule has 0 aliphatic carbocycles. The van der Waals surface area contributed by atoms with Crippen LogP contribution in [-0.4, -0.2) is 40.9 Å². The van der Waals surface area contributed by atoms with Crippen molar-refractivity contribution in [2.75, 3.05) is 19.0 Å². The lowest BCUT2D eigenvalue weighted by atomic mass is 10.1. The highest BCUT2D eigenvalue weighted by molar-refractivity contribution is 7.14. The van der Waals surface area contributed by atoms with E-state index in [1.54, 1.807) is 56.5 Å². The quantitative estimate of drug-likeness (QED) is 0.350. The summed E-state index contributed by atoms with van der Waals surface area (Å²) in [6.07, 6.45) is 0.779. The van der Waals surface area contributed by atoms with Crippen LogP contribution in [0.4, 0.5) is 9.52 Å². The summed E-state index contributed by atoms with van der Waals surface area (Å²) in [5, 5.41) is 10.0. The summed E-state index contributed by atoms with van der Waals surface area (Å²) < 4.78 is 35.6. The Kier molecular flexibility index (Phi) is 7.14. The molecule has 0 aliphatic heterocycles. The van der Waals surface area contributed by atoms with E-state index in [1.165, 1.54) is 0 Å². The highest BCUT2D eigenvalue weighted by atomic mass is 32.1. The summed E-state index contributed by atoms with van der Waals surface area (Å²) in [5.74, 6) is 1.71. The summed E-state index contributed by atoms with van der Waals surface area (Å²) in [5.41, 5.74) is 1.000. The number of benzene rings is 2. The molecule has 1 atom stereocenters. The second kappa shape index (κ2) is 10.4. The lowest BCUT2D eigenvalue weighted by Crippen LogP contribution is -2.18. The van der Waals surface area contributed by atoms with Gasteiger partial charge in [-0.25, -0.2) is 4.98 Å². The predicted molar refractivity (Wildman–Crippen MR) is 123 cm³/mol. The fraction of sp³-hybridized carbons (Fsp3) is 0.217. The fourth-order valence-corrected chi connectivity index (χ4v) is 3.57. The van der Waals surface area contributed by atoms with E-state index in [0.717, 1.165) is 23.1 Å². The lowest BCUT2D eigenvalue weighted by molar-refractivity contribution is 0.0916. The number of hydrogen-bond acceptors (Lipinski definition) is 9. The largest absolute Gasteiger partial charge is 0.488 e. The molecule has 0 radical (unpaired) electrons. The van der Waals surface area contributed by atoms with Gasteiger partial charge in [0.1, 0.15) is 23.4 Å². The first-order chi connectivity index (χ1) is 16.4. The summed E-state index contributed by atoms with van der Waals surface area (Å²) in [6.45, 7) is 3.92. The van der Waals surface area contributed by atoms with Crippen molar-refractivity contribution in [3.8, 4) is 28.7 Å². The van der Waals surface area contributed by atoms with Crippen molar-refractivity contribution >= 4 is 22.4 Å². The molecule has 0 unspecified atom stereocenters. The van der Waals surface area contributed by atoms with Crippen molar-refractivity contribution < 1.29 is 27.8 Å². The molecule has 2 aromatic heterocycles. The number of nitrogens with one attached hydrogen (secondary N) is 1. The van der Waals surface area contributed by atoms with Gasteiger partial charge in [-0.1, -0.05) is 11.3 Å². The minimum atomic E-state index is -0.496. The van der Waals surface area contributed by atoms with E-state index in [2.05, 4.69) is 20.5 Å². The number of ether oxygens (including phenoxy) is 3. The van der Waals surface area contributed by atoms with Gasteiger partial charge in [0, 0.05) is 31.2 Å². The number of amides is 1. The number of methoxy groups -OCH3 is 1. The normalized spacial score (nSPS) is 11.8. The molecular weight excluding hydrogens is 463 g/mol. The number of carbonyl (C=O) groups is 1. The molecule has 2 heterocycles. The van der Waals surface area contributed by atoms with Gasteiger partial charge in [-0.15, -0.1) is 10.2 Å². The van der Waals surface area contributed by atoms with E-state index in [0.29, 0.717) is 35.6 Å². The molecule has 176 valence electrons. The Bertz CT molecular complexity index is 1270. The van der Waals surface area contributed by atoms with Gasteiger partial charge >= 0.3 is 0 Å². The van der Waals surface area contributed by atoms with Crippen molar-refractivity contribution in [1.29, 1.82) is 0 Å². The zero-order valence-electron chi connectivity index (χ0n) is 18.6. The van der Waals surface area contributed by atoms with Gasteiger partial charge in [-0.05, 0) is 43.3 Å². The SMILES string of the molecule is COC[C@H](C)Oc1cc(Oc2ccc(-c3nnc(C)o3)cc2)cc(C(=O)Nc2ncc(F)s2)c1. The number of hydrogen-bond donors (Lipinski definition) is 1. The van der Waals surface area contributed by atoms with Crippen LogP contribution in [0.1, 0.15) is 23.2 Å². The van der Waals surface area contributed by atoms with Gasteiger partial charge < -0.3 is 18.6 Å². The van der Waals surface area contributed by atoms with Gasteiger partial charge in [0.05, 0.1) is 12.8 Å². The average Bonchev–Trinajstić information content (AvgIpc) is 3.42. The van der Waals surface area contributed by atoms with E-state index in [-0.39, 0.29) is 16.8 Å². The molecule has 0 saturated heterocycles. The van der Waals surface area contributed by atoms with Crippen LogP contribution in [0.3, 0.4) is 0 Å². The molecule has 0 spiro atoms. The van der Waals surface area contributed by atoms with Crippen LogP contribution in [0, 0.1) is 12.1 Å². The van der Waals surface area contributed by atoms with Crippen LogP contribution in [0.25, 0.3) is 11.5 Å². The summed E-state index contributed by atoms with van der Waals surface area (Å²) >= 11 is 0.734. The first kappa shape index (κ1) is 23.3. The van der Waals surface area contributed by atoms with E-state index in [1.807, 2.05) is 6.92 Å². The molecule has 9 nitrogen and oxygen atoms in total. The van der Waals surface area contributed by atoms with E-state index >= 15 is 0 Å². The lowest BCUT2D eigenvalue weighted by Gasteiger charge is -2.16. The zero-order valence-corrected chi connectivity index (χ0v) is 19.4. The third kappa shape index (κ3) is 5.94. The molecule has 1 N–H and O–H groups in total. The first-order valence-electron chi connectivity index (χ1n) is 10.2. The Morgan fingerprint density at radius 1 is 1.15 bits per heavy atom. The Morgan fingerprint density at radius 3 is 2.56 bits per heavy atom. The van der Waals surface area contributed by atoms with Crippen molar-refractivity contribution in [3.05, 3.63) is 65.2 Å². The number of carbonyl (C=O) groups excluding carboxylic acids is 1. The third-order valence-electron chi connectivity index (χ3n) is 4.44. The predicted octanol–water partition coefficient (Wildman–Crippen LogP) is 5.10. The van der Waals surface area contributed by atoms with Crippen molar-refractivity contribution in [1.82, 2.24) is 15.2 Å². The van der Waals surface area contributed by atoms with E-state index in [9.17, 15) is 9.18 Å². The molecule has 34 heavy (non-hydrogen) atoms. The molecule has 4 rings (SSSR count). The smallest absolute Gasteiger partial charge is 0.257 e. The number of anilines is 1. The van der Waals surface area contributed by atoms with Crippen LogP contribution < -0.4 is 14.8 Å². The zero-order chi connectivity index (χ0) is 24.1. The minimum Gasteiger partial charge on any atom is -0.488 e. The van der Waals surface area contributed by atoms with Gasteiger partial charge in [-0.2, -0.15) is 4.39 Å². The minimum absolute atomic E-state index is 0.149. The Morgan fingerprint density at radius 2 is 1.91 bits per heavy atom. The number of thiazole rings is 1. The standard InChI is InChI=1S/C23H21FN4O5S/c1-13(12-30-3)31-18-8-16(21(29)26-23-25-11-20(24)34-23)9-19(10-18)33-17-6-4-15(5-7-17)22-28-27-14(2)32-22/h4-11,13H,12H2,1-3H3,(H,25,26,29)/t13-/m0/s1. The van der Waals surface area contributed by atoms with Crippen LogP contribution >= 0.6 is 11.3 Å². The van der Waals surface area contributed by atoms with Crippen LogP contribution in [0.5, 0.6) is 17.2 Å².